The lowest BCUT2D eigenvalue weighted by molar-refractivity contribution is -0.142. The molecule has 0 spiro atoms. The van der Waals surface area contributed by atoms with E-state index in [-0.39, 0.29) is 24.1 Å². The minimum absolute atomic E-state index is 0.0860. The zero-order valence-corrected chi connectivity index (χ0v) is 12.8. The molecule has 2 aromatic rings. The molecule has 0 aliphatic carbocycles. The SMILES string of the molecule is CCC(C)(CC(=O)OC)NC(=O)c1c[nH]c2cc(F)ccc12. The number of halogens is 1. The van der Waals surface area contributed by atoms with Crippen molar-refractivity contribution in [3.05, 3.63) is 35.8 Å². The Morgan fingerprint density at radius 3 is 2.77 bits per heavy atom. The predicted molar refractivity (Wildman–Crippen MR) is 81.1 cm³/mol. The van der Waals surface area contributed by atoms with Crippen LogP contribution in [0.15, 0.2) is 24.4 Å². The lowest BCUT2D eigenvalue weighted by Crippen LogP contribution is -2.47. The minimum Gasteiger partial charge on any atom is -0.469 e. The van der Waals surface area contributed by atoms with Crippen LogP contribution in [0.3, 0.4) is 0 Å². The van der Waals surface area contributed by atoms with E-state index < -0.39 is 5.54 Å². The maximum absolute atomic E-state index is 13.2. The fourth-order valence-corrected chi connectivity index (χ4v) is 2.28. The van der Waals surface area contributed by atoms with E-state index in [0.29, 0.717) is 22.9 Å². The zero-order valence-electron chi connectivity index (χ0n) is 12.8. The monoisotopic (exact) mass is 306 g/mol. The molecular formula is C16H19FN2O3. The van der Waals surface area contributed by atoms with E-state index in [1.165, 1.54) is 25.4 Å². The minimum atomic E-state index is -0.701. The van der Waals surface area contributed by atoms with Crippen LogP contribution < -0.4 is 5.32 Å². The molecule has 0 radical (unpaired) electrons. The number of nitrogens with one attached hydrogen (secondary N) is 2. The summed E-state index contributed by atoms with van der Waals surface area (Å²) in [5.41, 5.74) is 0.268. The molecule has 0 aliphatic heterocycles. The molecular weight excluding hydrogens is 287 g/mol. The smallest absolute Gasteiger partial charge is 0.307 e. The molecule has 0 fully saturated rings. The summed E-state index contributed by atoms with van der Waals surface area (Å²) in [6, 6.07) is 4.19. The zero-order chi connectivity index (χ0) is 16.3. The molecule has 0 aliphatic rings. The number of carbonyl (C=O) groups excluding carboxylic acids is 2. The van der Waals surface area contributed by atoms with Crippen molar-refractivity contribution in [3.63, 3.8) is 0 Å². The van der Waals surface area contributed by atoms with Crippen LogP contribution in [0.4, 0.5) is 4.39 Å². The fraction of sp³-hybridized carbons (Fsp3) is 0.375. The highest BCUT2D eigenvalue weighted by molar-refractivity contribution is 6.07. The van der Waals surface area contributed by atoms with Crippen LogP contribution >= 0.6 is 0 Å². The third-order valence-electron chi connectivity index (χ3n) is 3.85. The average molecular weight is 306 g/mol. The van der Waals surface area contributed by atoms with Crippen LogP contribution in [0, 0.1) is 5.82 Å². The first-order chi connectivity index (χ1) is 10.4. The van der Waals surface area contributed by atoms with Gasteiger partial charge in [0.25, 0.3) is 5.91 Å². The Kier molecular flexibility index (Phi) is 4.49. The molecule has 22 heavy (non-hydrogen) atoms. The molecule has 6 heteroatoms. The lowest BCUT2D eigenvalue weighted by Gasteiger charge is -2.28. The van der Waals surface area contributed by atoms with Gasteiger partial charge in [-0.2, -0.15) is 0 Å². The van der Waals surface area contributed by atoms with Crippen LogP contribution in [0.1, 0.15) is 37.0 Å². The van der Waals surface area contributed by atoms with Crippen molar-refractivity contribution in [1.82, 2.24) is 10.3 Å². The van der Waals surface area contributed by atoms with Crippen LogP contribution in [0.2, 0.25) is 0 Å². The quantitative estimate of drug-likeness (QED) is 0.834. The van der Waals surface area contributed by atoms with E-state index in [4.69, 9.17) is 0 Å². The van der Waals surface area contributed by atoms with Crippen molar-refractivity contribution in [3.8, 4) is 0 Å². The van der Waals surface area contributed by atoms with Crippen LogP contribution in [-0.2, 0) is 9.53 Å². The van der Waals surface area contributed by atoms with Gasteiger partial charge in [0.1, 0.15) is 5.82 Å². The van der Waals surface area contributed by atoms with Crippen LogP contribution in [0.25, 0.3) is 10.9 Å². The second-order valence-electron chi connectivity index (χ2n) is 5.51. The standard InChI is InChI=1S/C16H19FN2O3/c1-4-16(2,8-14(20)22-3)19-15(21)12-9-18-13-7-10(17)5-6-11(12)13/h5-7,9,18H,4,8H2,1-3H3,(H,19,21). The second kappa shape index (κ2) is 6.17. The molecule has 2 rings (SSSR count). The van der Waals surface area contributed by atoms with Crippen LogP contribution in [0.5, 0.6) is 0 Å². The van der Waals surface area contributed by atoms with Crippen molar-refractivity contribution >= 4 is 22.8 Å². The number of carbonyl (C=O) groups is 2. The van der Waals surface area contributed by atoms with E-state index in [9.17, 15) is 14.0 Å². The number of ether oxygens (including phenoxy) is 1. The third kappa shape index (κ3) is 3.27. The molecule has 0 bridgehead atoms. The Morgan fingerprint density at radius 2 is 2.14 bits per heavy atom. The number of rotatable bonds is 5. The van der Waals surface area contributed by atoms with Gasteiger partial charge in [-0.15, -0.1) is 0 Å². The van der Waals surface area contributed by atoms with Gasteiger partial charge >= 0.3 is 5.97 Å². The first-order valence-electron chi connectivity index (χ1n) is 7.04. The lowest BCUT2D eigenvalue weighted by atomic mass is 9.94. The number of fused-ring (bicyclic) bond motifs is 1. The average Bonchev–Trinajstić information content (AvgIpc) is 2.89. The summed E-state index contributed by atoms with van der Waals surface area (Å²) in [7, 11) is 1.31. The van der Waals surface area contributed by atoms with E-state index in [0.717, 1.165) is 0 Å². The van der Waals surface area contributed by atoms with Gasteiger partial charge in [-0.25, -0.2) is 4.39 Å². The maximum Gasteiger partial charge on any atom is 0.307 e. The van der Waals surface area contributed by atoms with Gasteiger partial charge in [-0.1, -0.05) is 6.92 Å². The number of hydrogen-bond donors (Lipinski definition) is 2. The van der Waals surface area contributed by atoms with Crippen molar-refractivity contribution in [2.45, 2.75) is 32.2 Å². The second-order valence-corrected chi connectivity index (χ2v) is 5.51. The molecule has 0 saturated heterocycles. The number of amides is 1. The molecule has 2 N–H and O–H groups in total. The van der Waals surface area contributed by atoms with Gasteiger partial charge in [0.15, 0.2) is 0 Å². The van der Waals surface area contributed by atoms with Crippen LogP contribution in [-0.4, -0.2) is 29.5 Å². The topological polar surface area (TPSA) is 71.2 Å². The Bertz CT molecular complexity index is 710. The molecule has 0 saturated carbocycles. The first-order valence-corrected chi connectivity index (χ1v) is 7.04. The molecule has 1 aromatic carbocycles. The number of benzene rings is 1. The molecule has 1 heterocycles. The van der Waals surface area contributed by atoms with Crippen molar-refractivity contribution in [1.29, 1.82) is 0 Å². The van der Waals surface area contributed by atoms with Gasteiger partial charge < -0.3 is 15.0 Å². The number of aromatic amines is 1. The summed E-state index contributed by atoms with van der Waals surface area (Å²) < 4.78 is 17.8. The fourth-order valence-electron chi connectivity index (χ4n) is 2.28. The van der Waals surface area contributed by atoms with Gasteiger partial charge in [0, 0.05) is 22.6 Å². The summed E-state index contributed by atoms with van der Waals surface area (Å²) >= 11 is 0. The molecule has 118 valence electrons. The largest absolute Gasteiger partial charge is 0.469 e. The highest BCUT2D eigenvalue weighted by atomic mass is 19.1. The summed E-state index contributed by atoms with van der Waals surface area (Å²) in [4.78, 5) is 26.8. The van der Waals surface area contributed by atoms with Crippen molar-refractivity contribution < 1.29 is 18.7 Å². The van der Waals surface area contributed by atoms with Gasteiger partial charge in [-0.3, -0.25) is 9.59 Å². The predicted octanol–water partition coefficient (Wildman–Crippen LogP) is 2.77. The highest BCUT2D eigenvalue weighted by Crippen LogP contribution is 2.21. The van der Waals surface area contributed by atoms with Gasteiger partial charge in [0.2, 0.25) is 0 Å². The summed E-state index contributed by atoms with van der Waals surface area (Å²) in [6.07, 6.45) is 2.20. The van der Waals surface area contributed by atoms with E-state index >= 15 is 0 Å². The number of esters is 1. The Morgan fingerprint density at radius 1 is 1.41 bits per heavy atom. The number of methoxy groups -OCH3 is 1. The van der Waals surface area contributed by atoms with Crippen molar-refractivity contribution in [2.75, 3.05) is 7.11 Å². The van der Waals surface area contributed by atoms with E-state index in [1.54, 1.807) is 13.0 Å². The number of hydrogen-bond acceptors (Lipinski definition) is 3. The van der Waals surface area contributed by atoms with Gasteiger partial charge in [0.05, 0.1) is 19.1 Å². The number of H-pyrrole nitrogens is 1. The van der Waals surface area contributed by atoms with Crippen molar-refractivity contribution in [2.24, 2.45) is 0 Å². The summed E-state index contributed by atoms with van der Waals surface area (Å²) in [6.45, 7) is 3.67. The maximum atomic E-state index is 13.2. The molecule has 1 unspecified atom stereocenters. The Hall–Kier alpha value is -2.37. The molecule has 1 atom stereocenters. The Labute approximate surface area is 127 Å². The summed E-state index contributed by atoms with van der Waals surface area (Å²) in [5, 5.41) is 3.50. The molecule has 1 aromatic heterocycles. The van der Waals surface area contributed by atoms with Gasteiger partial charge in [-0.05, 0) is 31.5 Å². The molecule has 1 amide bonds. The van der Waals surface area contributed by atoms with E-state index in [2.05, 4.69) is 15.0 Å². The van der Waals surface area contributed by atoms with E-state index in [1.807, 2.05) is 6.92 Å². The normalized spacial score (nSPS) is 13.6. The number of aromatic nitrogens is 1. The molecule has 5 nitrogen and oxygen atoms in total. The highest BCUT2D eigenvalue weighted by Gasteiger charge is 2.29. The Balaban J connectivity index is 2.24. The third-order valence-corrected chi connectivity index (χ3v) is 3.85. The summed E-state index contributed by atoms with van der Waals surface area (Å²) in [5.74, 6) is -1.07. The first kappa shape index (κ1) is 16.0.